The summed E-state index contributed by atoms with van der Waals surface area (Å²) < 4.78 is 0. The number of likely N-dealkylation sites (tertiary alicyclic amines) is 1. The Bertz CT molecular complexity index is 1410. The molecule has 3 rings (SSSR count). The average molecular weight is 707 g/mol. The summed E-state index contributed by atoms with van der Waals surface area (Å²) in [5.74, 6) is -5.21. The maximum atomic E-state index is 14.7. The lowest BCUT2D eigenvalue weighted by atomic mass is 9.78. The summed E-state index contributed by atoms with van der Waals surface area (Å²) in [4.78, 5) is 70.5. The van der Waals surface area contributed by atoms with Crippen molar-refractivity contribution in [2.75, 3.05) is 32.7 Å². The number of Topliss-reactive ketones (excluding diaryl/α,β-unsaturated/α-hetero) is 2. The van der Waals surface area contributed by atoms with Crippen LogP contribution >= 0.6 is 0 Å². The molecule has 1 saturated heterocycles. The predicted octanol–water partition coefficient (Wildman–Crippen LogP) is 2.21. The van der Waals surface area contributed by atoms with Gasteiger partial charge in [-0.1, -0.05) is 74.5 Å². The van der Waals surface area contributed by atoms with Gasteiger partial charge in [0.1, 0.15) is 11.6 Å². The molecule has 12 nitrogen and oxygen atoms in total. The highest BCUT2D eigenvalue weighted by molar-refractivity contribution is 6.13. The fraction of sp³-hybridized carbons (Fsp3) is 0.564. The maximum absolute atomic E-state index is 14.7. The van der Waals surface area contributed by atoms with Crippen LogP contribution in [0.4, 0.5) is 0 Å². The molecule has 1 heterocycles. The second kappa shape index (κ2) is 20.8. The molecule has 0 aromatic heterocycles. The number of carboxylic acid groups (broad SMARTS) is 1. The fourth-order valence-corrected chi connectivity index (χ4v) is 6.59. The Hall–Kier alpha value is -3.97. The molecule has 0 radical (unpaired) electrons. The molecule has 0 saturated carbocycles. The highest BCUT2D eigenvalue weighted by Crippen LogP contribution is 2.25. The van der Waals surface area contributed by atoms with E-state index in [4.69, 9.17) is 17.2 Å². The molecule has 4 unspecified atom stereocenters. The molecule has 0 bridgehead atoms. The quantitative estimate of drug-likeness (QED) is 0.0777. The van der Waals surface area contributed by atoms with Crippen LogP contribution in [0.5, 0.6) is 0 Å². The van der Waals surface area contributed by atoms with Crippen molar-refractivity contribution < 1.29 is 29.1 Å². The minimum atomic E-state index is -1.41. The average Bonchev–Trinajstić information content (AvgIpc) is 3.12. The Morgan fingerprint density at radius 3 is 1.88 bits per heavy atom. The molecular weight excluding hydrogens is 648 g/mol. The van der Waals surface area contributed by atoms with Crippen molar-refractivity contribution >= 4 is 29.4 Å². The smallest absolute Gasteiger partial charge is 0.323 e. The van der Waals surface area contributed by atoms with Gasteiger partial charge in [-0.15, -0.1) is 0 Å². The van der Waals surface area contributed by atoms with Crippen LogP contribution in [0.2, 0.25) is 0 Å². The number of hydrogen-bond acceptors (Lipinski definition) is 9. The van der Waals surface area contributed by atoms with Crippen molar-refractivity contribution in [1.82, 2.24) is 15.5 Å². The monoisotopic (exact) mass is 706 g/mol. The molecule has 9 N–H and O–H groups in total. The molecule has 1 aliphatic rings. The van der Waals surface area contributed by atoms with Gasteiger partial charge >= 0.3 is 5.97 Å². The SMILES string of the molecule is CC(C)CC(C(=O)NC(CCCCN)C(=O)N1CCC(N)(C(=O)O)CC1)C(=O)C(Cc1ccccc1)C(=O)C(Cc1ccccc1)NCCCN. The van der Waals surface area contributed by atoms with Gasteiger partial charge in [0, 0.05) is 13.1 Å². The number of benzene rings is 2. The number of nitrogens with one attached hydrogen (secondary N) is 2. The summed E-state index contributed by atoms with van der Waals surface area (Å²) in [6.07, 6.45) is 2.98. The Kier molecular flexibility index (Phi) is 16.9. The number of ketones is 2. The van der Waals surface area contributed by atoms with Gasteiger partial charge in [-0.2, -0.15) is 0 Å². The minimum absolute atomic E-state index is 0.0674. The largest absolute Gasteiger partial charge is 0.480 e. The number of hydrogen-bond donors (Lipinski definition) is 6. The van der Waals surface area contributed by atoms with Crippen molar-refractivity contribution in [2.45, 2.75) is 89.3 Å². The number of nitrogens with two attached hydrogens (primary N) is 3. The first-order chi connectivity index (χ1) is 24.4. The lowest BCUT2D eigenvalue weighted by Crippen LogP contribution is -2.59. The highest BCUT2D eigenvalue weighted by atomic mass is 16.4. The van der Waals surface area contributed by atoms with E-state index in [9.17, 15) is 29.1 Å². The van der Waals surface area contributed by atoms with Crippen molar-refractivity contribution in [3.8, 4) is 0 Å². The molecule has 0 aliphatic carbocycles. The van der Waals surface area contributed by atoms with Gasteiger partial charge in [0.25, 0.3) is 0 Å². The van der Waals surface area contributed by atoms with E-state index in [1.165, 1.54) is 4.90 Å². The van der Waals surface area contributed by atoms with Gasteiger partial charge in [0.15, 0.2) is 11.6 Å². The van der Waals surface area contributed by atoms with Gasteiger partial charge < -0.3 is 37.8 Å². The Morgan fingerprint density at radius 1 is 0.784 bits per heavy atom. The molecule has 2 amide bonds. The van der Waals surface area contributed by atoms with Gasteiger partial charge in [-0.05, 0) is 94.5 Å². The summed E-state index contributed by atoms with van der Waals surface area (Å²) in [5, 5.41) is 15.8. The number of unbranched alkanes of at least 4 members (excludes halogenated alkanes) is 1. The number of rotatable bonds is 22. The molecule has 12 heteroatoms. The fourth-order valence-electron chi connectivity index (χ4n) is 6.59. The zero-order chi connectivity index (χ0) is 37.4. The highest BCUT2D eigenvalue weighted by Gasteiger charge is 2.42. The molecule has 2 aromatic carbocycles. The number of aliphatic carboxylic acids is 1. The lowest BCUT2D eigenvalue weighted by Gasteiger charge is -2.38. The Labute approximate surface area is 302 Å². The van der Waals surface area contributed by atoms with E-state index in [1.54, 1.807) is 0 Å². The third kappa shape index (κ3) is 12.6. The standard InChI is InChI=1S/C39H58N6O6/c1-27(2)24-31(36(48)44-32(16-9-10-19-40)37(49)45-22-17-39(42,18-23-45)38(50)51)34(46)30(25-28-12-5-3-6-13-28)35(47)33(43-21-11-20-41)26-29-14-7-4-8-15-29/h3-8,12-15,27,30-33,43H,9-11,16-26,40-42H2,1-2H3,(H,44,48)(H,50,51). The lowest BCUT2D eigenvalue weighted by molar-refractivity contribution is -0.148. The van der Waals surface area contributed by atoms with E-state index in [2.05, 4.69) is 10.6 Å². The van der Waals surface area contributed by atoms with E-state index in [1.807, 2.05) is 74.5 Å². The van der Waals surface area contributed by atoms with E-state index < -0.39 is 47.1 Å². The van der Waals surface area contributed by atoms with Gasteiger partial charge in [0.2, 0.25) is 11.8 Å². The van der Waals surface area contributed by atoms with Gasteiger partial charge in [0.05, 0.1) is 17.9 Å². The van der Waals surface area contributed by atoms with Crippen LogP contribution < -0.4 is 27.8 Å². The molecular formula is C39H58N6O6. The van der Waals surface area contributed by atoms with Crippen molar-refractivity contribution in [3.05, 3.63) is 71.8 Å². The minimum Gasteiger partial charge on any atom is -0.480 e. The van der Waals surface area contributed by atoms with E-state index in [0.717, 1.165) is 11.1 Å². The predicted molar refractivity (Wildman–Crippen MR) is 197 cm³/mol. The van der Waals surface area contributed by atoms with Crippen LogP contribution in [-0.4, -0.2) is 89.7 Å². The molecule has 280 valence electrons. The maximum Gasteiger partial charge on any atom is 0.323 e. The number of amides is 2. The number of carbonyl (C=O) groups excluding carboxylic acids is 4. The molecule has 1 fully saturated rings. The van der Waals surface area contributed by atoms with Crippen LogP contribution in [0, 0.1) is 17.8 Å². The Morgan fingerprint density at radius 2 is 1.35 bits per heavy atom. The zero-order valence-corrected chi connectivity index (χ0v) is 30.2. The summed E-state index contributed by atoms with van der Waals surface area (Å²) in [6, 6.07) is 17.2. The molecule has 4 atom stereocenters. The van der Waals surface area contributed by atoms with E-state index in [-0.39, 0.29) is 56.4 Å². The first kappa shape index (κ1) is 41.5. The van der Waals surface area contributed by atoms with E-state index in [0.29, 0.717) is 51.7 Å². The number of carbonyl (C=O) groups is 5. The normalized spacial score (nSPS) is 16.5. The molecule has 2 aromatic rings. The van der Waals surface area contributed by atoms with Crippen LogP contribution in [-0.2, 0) is 36.8 Å². The van der Waals surface area contributed by atoms with Crippen LogP contribution in [0.15, 0.2) is 60.7 Å². The van der Waals surface area contributed by atoms with Crippen LogP contribution in [0.1, 0.15) is 69.9 Å². The van der Waals surface area contributed by atoms with Crippen molar-refractivity contribution in [1.29, 1.82) is 0 Å². The van der Waals surface area contributed by atoms with E-state index >= 15 is 0 Å². The second-order valence-electron chi connectivity index (χ2n) is 14.2. The van der Waals surface area contributed by atoms with Crippen molar-refractivity contribution in [3.63, 3.8) is 0 Å². The number of nitrogens with zero attached hydrogens (tertiary/aromatic N) is 1. The second-order valence-corrected chi connectivity index (χ2v) is 14.2. The third-order valence-electron chi connectivity index (χ3n) is 9.69. The molecule has 0 spiro atoms. The Balaban J connectivity index is 1.93. The van der Waals surface area contributed by atoms with Crippen LogP contribution in [0.25, 0.3) is 0 Å². The number of carboxylic acids is 1. The van der Waals surface area contributed by atoms with Gasteiger partial charge in [-0.3, -0.25) is 24.0 Å². The van der Waals surface area contributed by atoms with Gasteiger partial charge in [-0.25, -0.2) is 0 Å². The third-order valence-corrected chi connectivity index (χ3v) is 9.69. The zero-order valence-electron chi connectivity index (χ0n) is 30.2. The molecule has 1 aliphatic heterocycles. The van der Waals surface area contributed by atoms with Crippen LogP contribution in [0.3, 0.4) is 0 Å². The first-order valence-corrected chi connectivity index (χ1v) is 18.3. The topological polar surface area (TPSA) is 211 Å². The summed E-state index contributed by atoms with van der Waals surface area (Å²) >= 11 is 0. The number of piperidine rings is 1. The summed E-state index contributed by atoms with van der Waals surface area (Å²) in [6.45, 7) is 5.43. The van der Waals surface area contributed by atoms with Crippen molar-refractivity contribution in [2.24, 2.45) is 35.0 Å². The summed E-state index contributed by atoms with van der Waals surface area (Å²) in [5.41, 5.74) is 17.9. The first-order valence-electron chi connectivity index (χ1n) is 18.3. The molecule has 51 heavy (non-hydrogen) atoms. The summed E-state index contributed by atoms with van der Waals surface area (Å²) in [7, 11) is 0.